The van der Waals surface area contributed by atoms with Crippen molar-refractivity contribution in [2.75, 3.05) is 11.9 Å². The van der Waals surface area contributed by atoms with Crippen molar-refractivity contribution in [3.05, 3.63) is 60.2 Å². The molecule has 0 atom stereocenters. The van der Waals surface area contributed by atoms with Gasteiger partial charge >= 0.3 is 0 Å². The Morgan fingerprint density at radius 3 is 2.20 bits per heavy atom. The lowest BCUT2D eigenvalue weighted by atomic mass is 10.2. The van der Waals surface area contributed by atoms with E-state index in [-0.39, 0.29) is 18.7 Å². The Balaban J connectivity index is 1.65. The molecule has 30 heavy (non-hydrogen) atoms. The summed E-state index contributed by atoms with van der Waals surface area (Å²) in [6.45, 7) is 2.81. The van der Waals surface area contributed by atoms with Gasteiger partial charge in [-0.1, -0.05) is 44.4 Å². The van der Waals surface area contributed by atoms with Crippen LogP contribution in [0.5, 0.6) is 5.75 Å². The van der Waals surface area contributed by atoms with Crippen LogP contribution in [-0.2, 0) is 9.59 Å². The third kappa shape index (κ3) is 8.77. The summed E-state index contributed by atoms with van der Waals surface area (Å²) in [5.74, 6) is -0.449. The smallest absolute Gasteiger partial charge is 0.269 e. The normalized spacial score (nSPS) is 10.2. The van der Waals surface area contributed by atoms with Crippen molar-refractivity contribution in [1.29, 1.82) is 0 Å². The van der Waals surface area contributed by atoms with E-state index < -0.39 is 11.8 Å². The highest BCUT2D eigenvalue weighted by molar-refractivity contribution is 5.96. The zero-order valence-electron chi connectivity index (χ0n) is 17.3. The maximum absolute atomic E-state index is 12.1. The first kappa shape index (κ1) is 22.9. The van der Waals surface area contributed by atoms with Crippen LogP contribution in [0.2, 0.25) is 0 Å². The van der Waals surface area contributed by atoms with E-state index in [1.807, 2.05) is 18.2 Å². The molecule has 0 saturated heterocycles. The molecule has 3 amide bonds. The second-order valence-corrected chi connectivity index (χ2v) is 6.85. The topological polar surface area (TPSA) is 96.5 Å². The number of carbonyl (C=O) groups is 3. The summed E-state index contributed by atoms with van der Waals surface area (Å²) >= 11 is 0. The molecule has 0 aliphatic heterocycles. The van der Waals surface area contributed by atoms with Crippen LogP contribution in [0.3, 0.4) is 0 Å². The fraction of sp³-hybridized carbons (Fsp3) is 0.348. The number of anilines is 1. The summed E-state index contributed by atoms with van der Waals surface area (Å²) in [6.07, 6.45) is 4.51. The zero-order chi connectivity index (χ0) is 21.6. The van der Waals surface area contributed by atoms with Crippen molar-refractivity contribution < 1.29 is 19.1 Å². The summed E-state index contributed by atoms with van der Waals surface area (Å²) in [6, 6.07) is 15.7. The number of nitrogens with one attached hydrogen (secondary N) is 3. The summed E-state index contributed by atoms with van der Waals surface area (Å²) in [4.78, 5) is 35.8. The minimum atomic E-state index is -0.446. The molecule has 0 unspecified atom stereocenters. The predicted octanol–water partition coefficient (Wildman–Crippen LogP) is 3.83. The van der Waals surface area contributed by atoms with E-state index in [0.29, 0.717) is 23.6 Å². The van der Waals surface area contributed by atoms with E-state index in [2.05, 4.69) is 23.1 Å². The molecule has 0 aromatic heterocycles. The highest BCUT2D eigenvalue weighted by atomic mass is 16.5. The van der Waals surface area contributed by atoms with Gasteiger partial charge in [0, 0.05) is 24.1 Å². The molecule has 7 nitrogen and oxygen atoms in total. The van der Waals surface area contributed by atoms with Crippen molar-refractivity contribution in [1.82, 2.24) is 10.9 Å². The number of para-hydroxylation sites is 1. The average molecular weight is 412 g/mol. The lowest BCUT2D eigenvalue weighted by Gasteiger charge is -2.09. The summed E-state index contributed by atoms with van der Waals surface area (Å²) in [5.41, 5.74) is 5.74. The molecule has 3 N–H and O–H groups in total. The average Bonchev–Trinajstić information content (AvgIpc) is 2.77. The minimum absolute atomic E-state index is 0.0148. The molecular formula is C23H29N3O4. The van der Waals surface area contributed by atoms with Gasteiger partial charge < -0.3 is 10.1 Å². The van der Waals surface area contributed by atoms with Crippen LogP contribution in [0.25, 0.3) is 0 Å². The van der Waals surface area contributed by atoms with Crippen LogP contribution in [0, 0.1) is 0 Å². The van der Waals surface area contributed by atoms with Crippen LogP contribution in [0.4, 0.5) is 5.69 Å². The SMILES string of the molecule is CCCCCCOc1ccc(C(=O)NNC(=O)CCC(=O)Nc2ccccc2)cc1. The van der Waals surface area contributed by atoms with E-state index in [4.69, 9.17) is 4.74 Å². The van der Waals surface area contributed by atoms with Gasteiger partial charge in [0.2, 0.25) is 11.8 Å². The molecule has 0 fully saturated rings. The van der Waals surface area contributed by atoms with Gasteiger partial charge in [0.25, 0.3) is 5.91 Å². The first-order valence-corrected chi connectivity index (χ1v) is 10.3. The molecule has 2 rings (SSSR count). The number of rotatable bonds is 11. The van der Waals surface area contributed by atoms with Crippen LogP contribution in [0.1, 0.15) is 55.8 Å². The largest absolute Gasteiger partial charge is 0.494 e. The first-order valence-electron chi connectivity index (χ1n) is 10.3. The number of ether oxygens (including phenoxy) is 1. The molecule has 0 radical (unpaired) electrons. The second-order valence-electron chi connectivity index (χ2n) is 6.85. The van der Waals surface area contributed by atoms with Crippen molar-refractivity contribution in [2.24, 2.45) is 0 Å². The maximum Gasteiger partial charge on any atom is 0.269 e. The number of hydrazine groups is 1. The molecule has 7 heteroatoms. The number of benzene rings is 2. The Bertz CT molecular complexity index is 807. The van der Waals surface area contributed by atoms with Gasteiger partial charge in [0.15, 0.2) is 0 Å². The number of hydrogen-bond acceptors (Lipinski definition) is 4. The van der Waals surface area contributed by atoms with E-state index in [9.17, 15) is 14.4 Å². The zero-order valence-corrected chi connectivity index (χ0v) is 17.3. The van der Waals surface area contributed by atoms with Crippen molar-refractivity contribution >= 4 is 23.4 Å². The Labute approximate surface area is 177 Å². The van der Waals surface area contributed by atoms with Gasteiger partial charge in [0.05, 0.1) is 6.61 Å². The molecule has 2 aromatic rings. The molecule has 160 valence electrons. The van der Waals surface area contributed by atoms with Gasteiger partial charge in [-0.05, 0) is 42.8 Å². The summed E-state index contributed by atoms with van der Waals surface area (Å²) in [7, 11) is 0. The second kappa shape index (κ2) is 13.0. The van der Waals surface area contributed by atoms with E-state index in [1.165, 1.54) is 12.8 Å². The molecule has 0 heterocycles. The Morgan fingerprint density at radius 1 is 0.800 bits per heavy atom. The van der Waals surface area contributed by atoms with Crippen LogP contribution < -0.4 is 20.9 Å². The minimum Gasteiger partial charge on any atom is -0.494 e. The molecule has 2 aromatic carbocycles. The standard InChI is InChI=1S/C23H29N3O4/c1-2-3-4-8-17-30-20-13-11-18(12-14-20)23(29)26-25-22(28)16-15-21(27)24-19-9-6-5-7-10-19/h5-7,9-14H,2-4,8,15-17H2,1H3,(H,24,27)(H,25,28)(H,26,29). The lowest BCUT2D eigenvalue weighted by Crippen LogP contribution is -2.41. The van der Waals surface area contributed by atoms with Crippen molar-refractivity contribution in [2.45, 2.75) is 45.4 Å². The molecule has 0 spiro atoms. The number of unbranched alkanes of at least 4 members (excludes halogenated alkanes) is 3. The Hall–Kier alpha value is -3.35. The third-order valence-corrected chi connectivity index (χ3v) is 4.34. The fourth-order valence-electron chi connectivity index (χ4n) is 2.65. The fourth-order valence-corrected chi connectivity index (χ4v) is 2.65. The molecule has 0 aliphatic rings. The Morgan fingerprint density at radius 2 is 1.50 bits per heavy atom. The van der Waals surface area contributed by atoms with E-state index in [0.717, 1.165) is 12.8 Å². The number of amides is 3. The van der Waals surface area contributed by atoms with Crippen molar-refractivity contribution in [3.63, 3.8) is 0 Å². The summed E-state index contributed by atoms with van der Waals surface area (Å²) in [5, 5.41) is 2.70. The van der Waals surface area contributed by atoms with Gasteiger partial charge in [-0.3, -0.25) is 25.2 Å². The molecule has 0 bridgehead atoms. The monoisotopic (exact) mass is 411 g/mol. The molecular weight excluding hydrogens is 382 g/mol. The van der Waals surface area contributed by atoms with Crippen LogP contribution in [-0.4, -0.2) is 24.3 Å². The highest BCUT2D eigenvalue weighted by Gasteiger charge is 2.10. The van der Waals surface area contributed by atoms with E-state index in [1.54, 1.807) is 36.4 Å². The summed E-state index contributed by atoms with van der Waals surface area (Å²) < 4.78 is 5.64. The van der Waals surface area contributed by atoms with Crippen LogP contribution >= 0.6 is 0 Å². The van der Waals surface area contributed by atoms with Gasteiger partial charge in [-0.25, -0.2) is 0 Å². The van der Waals surface area contributed by atoms with Gasteiger partial charge in [-0.2, -0.15) is 0 Å². The quantitative estimate of drug-likeness (QED) is 0.387. The van der Waals surface area contributed by atoms with Crippen LogP contribution in [0.15, 0.2) is 54.6 Å². The molecule has 0 saturated carbocycles. The maximum atomic E-state index is 12.1. The first-order chi connectivity index (χ1) is 14.6. The third-order valence-electron chi connectivity index (χ3n) is 4.34. The Kier molecular flexibility index (Phi) is 9.92. The van der Waals surface area contributed by atoms with Gasteiger partial charge in [-0.15, -0.1) is 0 Å². The predicted molar refractivity (Wildman–Crippen MR) is 116 cm³/mol. The number of carbonyl (C=O) groups excluding carboxylic acids is 3. The lowest BCUT2D eigenvalue weighted by molar-refractivity contribution is -0.124. The number of hydrogen-bond donors (Lipinski definition) is 3. The van der Waals surface area contributed by atoms with Crippen molar-refractivity contribution in [3.8, 4) is 5.75 Å². The molecule has 0 aliphatic carbocycles. The van der Waals surface area contributed by atoms with Gasteiger partial charge in [0.1, 0.15) is 5.75 Å². The van der Waals surface area contributed by atoms with E-state index >= 15 is 0 Å². The highest BCUT2D eigenvalue weighted by Crippen LogP contribution is 2.13.